The minimum atomic E-state index is -3.71. The molecule has 0 radical (unpaired) electrons. The van der Waals surface area contributed by atoms with Crippen LogP contribution in [0.4, 0.5) is 4.39 Å². The first kappa shape index (κ1) is 23.0. The van der Waals surface area contributed by atoms with Gasteiger partial charge in [0.05, 0.1) is 18.9 Å². The number of guanidine groups is 1. The Morgan fingerprint density at radius 2 is 2.03 bits per heavy atom. The number of nitrogens with one attached hydrogen (secondary N) is 2. The van der Waals surface area contributed by atoms with E-state index in [2.05, 4.69) is 20.5 Å². The second-order valence-electron chi connectivity index (χ2n) is 7.96. The van der Waals surface area contributed by atoms with E-state index in [1.807, 2.05) is 6.92 Å². The van der Waals surface area contributed by atoms with Crippen molar-refractivity contribution in [3.63, 3.8) is 0 Å². The summed E-state index contributed by atoms with van der Waals surface area (Å²) in [6.45, 7) is 7.68. The molecule has 0 aromatic heterocycles. The van der Waals surface area contributed by atoms with Crippen molar-refractivity contribution >= 4 is 15.8 Å². The molecular weight excluding hydrogens is 407 g/mol. The van der Waals surface area contributed by atoms with Gasteiger partial charge in [-0.15, -0.1) is 0 Å². The molecule has 2 aliphatic rings. The van der Waals surface area contributed by atoms with E-state index in [0.29, 0.717) is 24.5 Å². The fourth-order valence-electron chi connectivity index (χ4n) is 3.95. The first-order valence-electron chi connectivity index (χ1n) is 10.8. The molecule has 2 saturated heterocycles. The molecule has 2 heterocycles. The quantitative estimate of drug-likeness (QED) is 0.473. The van der Waals surface area contributed by atoms with Crippen molar-refractivity contribution in [3.8, 4) is 0 Å². The predicted molar refractivity (Wildman–Crippen MR) is 116 cm³/mol. The molecule has 0 amide bonds. The van der Waals surface area contributed by atoms with Gasteiger partial charge in [0.25, 0.3) is 0 Å². The van der Waals surface area contributed by atoms with Crippen LogP contribution in [0.15, 0.2) is 34.2 Å². The molecule has 168 valence electrons. The Bertz CT molecular complexity index is 804. The van der Waals surface area contributed by atoms with Crippen molar-refractivity contribution in [1.29, 1.82) is 0 Å². The van der Waals surface area contributed by atoms with Gasteiger partial charge in [0.2, 0.25) is 0 Å². The Morgan fingerprint density at radius 3 is 2.70 bits per heavy atom. The van der Waals surface area contributed by atoms with Crippen molar-refractivity contribution in [2.45, 2.75) is 37.1 Å². The molecule has 1 aromatic rings. The first-order chi connectivity index (χ1) is 14.5. The Balaban J connectivity index is 1.48. The Hall–Kier alpha value is -1.71. The summed E-state index contributed by atoms with van der Waals surface area (Å²) in [5.74, 6) is 0.322. The highest BCUT2D eigenvalue weighted by Gasteiger charge is 2.24. The highest BCUT2D eigenvalue weighted by Crippen LogP contribution is 2.18. The summed E-state index contributed by atoms with van der Waals surface area (Å²) in [5, 5.41) is 6.60. The maximum absolute atomic E-state index is 13.8. The van der Waals surface area contributed by atoms with E-state index in [1.165, 1.54) is 18.2 Å². The lowest BCUT2D eigenvalue weighted by atomic mass is 10.0. The van der Waals surface area contributed by atoms with Gasteiger partial charge in [-0.1, -0.05) is 12.1 Å². The van der Waals surface area contributed by atoms with Crippen LogP contribution in [0.2, 0.25) is 0 Å². The van der Waals surface area contributed by atoms with Crippen LogP contribution in [-0.4, -0.2) is 77.0 Å². The van der Waals surface area contributed by atoms with Crippen LogP contribution in [0.5, 0.6) is 0 Å². The molecule has 7 nitrogen and oxygen atoms in total. The van der Waals surface area contributed by atoms with Crippen molar-refractivity contribution in [1.82, 2.24) is 15.5 Å². The van der Waals surface area contributed by atoms with E-state index >= 15 is 0 Å². The molecule has 2 aliphatic heterocycles. The third kappa shape index (κ3) is 6.65. The van der Waals surface area contributed by atoms with Crippen LogP contribution in [0.25, 0.3) is 0 Å². The highest BCUT2D eigenvalue weighted by molar-refractivity contribution is 7.91. The van der Waals surface area contributed by atoms with Gasteiger partial charge in [-0.25, -0.2) is 12.8 Å². The summed E-state index contributed by atoms with van der Waals surface area (Å²) in [6.07, 6.45) is 3.20. The summed E-state index contributed by atoms with van der Waals surface area (Å²) < 4.78 is 44.1. The summed E-state index contributed by atoms with van der Waals surface area (Å²) in [7, 11) is -3.71. The van der Waals surface area contributed by atoms with E-state index in [0.717, 1.165) is 58.2 Å². The smallest absolute Gasteiger partial charge is 0.191 e. The van der Waals surface area contributed by atoms with E-state index < -0.39 is 15.7 Å². The van der Waals surface area contributed by atoms with Crippen LogP contribution in [0, 0.1) is 11.7 Å². The van der Waals surface area contributed by atoms with Gasteiger partial charge in [-0.05, 0) is 44.2 Å². The zero-order valence-corrected chi connectivity index (χ0v) is 18.5. The normalized spacial score (nSPS) is 21.7. The third-order valence-electron chi connectivity index (χ3n) is 5.61. The van der Waals surface area contributed by atoms with E-state index in [1.54, 1.807) is 0 Å². The summed E-state index contributed by atoms with van der Waals surface area (Å²) >= 11 is 0. The average molecular weight is 441 g/mol. The maximum Gasteiger partial charge on any atom is 0.191 e. The molecule has 0 aliphatic carbocycles. The van der Waals surface area contributed by atoms with Crippen LogP contribution in [-0.2, 0) is 14.6 Å². The van der Waals surface area contributed by atoms with Gasteiger partial charge in [0, 0.05) is 38.8 Å². The predicted octanol–water partition coefficient (Wildman–Crippen LogP) is 1.66. The fraction of sp³-hybridized carbons (Fsp3) is 0.667. The van der Waals surface area contributed by atoms with Crippen molar-refractivity contribution < 1.29 is 17.5 Å². The Labute approximate surface area is 179 Å². The van der Waals surface area contributed by atoms with E-state index in [4.69, 9.17) is 4.74 Å². The minimum absolute atomic E-state index is 0.0759. The molecule has 2 N–H and O–H groups in total. The zero-order valence-electron chi connectivity index (χ0n) is 17.6. The molecule has 1 aromatic carbocycles. The SMILES string of the molecule is CCNC(=NCCS(=O)(=O)c1ccccc1F)NC1CCN(CC2CCOC2)CC1. The number of rotatable bonds is 8. The maximum atomic E-state index is 13.8. The van der Waals surface area contributed by atoms with Crippen molar-refractivity contribution in [2.75, 3.05) is 51.7 Å². The van der Waals surface area contributed by atoms with Gasteiger partial charge in [-0.2, -0.15) is 0 Å². The number of halogens is 1. The third-order valence-corrected chi connectivity index (χ3v) is 7.34. The number of hydrogen-bond donors (Lipinski definition) is 2. The minimum Gasteiger partial charge on any atom is -0.381 e. The highest BCUT2D eigenvalue weighted by atomic mass is 32.2. The molecule has 2 fully saturated rings. The topological polar surface area (TPSA) is 83.0 Å². The van der Waals surface area contributed by atoms with E-state index in [-0.39, 0.29) is 17.2 Å². The van der Waals surface area contributed by atoms with Gasteiger partial charge in [-0.3, -0.25) is 4.99 Å². The number of aliphatic imine (C=N–C) groups is 1. The first-order valence-corrected chi connectivity index (χ1v) is 12.5. The monoisotopic (exact) mass is 440 g/mol. The second kappa shape index (κ2) is 11.1. The largest absolute Gasteiger partial charge is 0.381 e. The zero-order chi connectivity index (χ0) is 21.4. The van der Waals surface area contributed by atoms with Crippen molar-refractivity contribution in [2.24, 2.45) is 10.9 Å². The van der Waals surface area contributed by atoms with Gasteiger partial charge in [0.1, 0.15) is 10.7 Å². The Morgan fingerprint density at radius 1 is 1.27 bits per heavy atom. The van der Waals surface area contributed by atoms with Crippen LogP contribution < -0.4 is 10.6 Å². The number of ether oxygens (including phenoxy) is 1. The van der Waals surface area contributed by atoms with Gasteiger partial charge >= 0.3 is 0 Å². The van der Waals surface area contributed by atoms with Gasteiger partial charge in [0.15, 0.2) is 15.8 Å². The number of likely N-dealkylation sites (tertiary alicyclic amines) is 1. The number of sulfone groups is 1. The molecule has 1 unspecified atom stereocenters. The number of piperidine rings is 1. The fourth-order valence-corrected chi connectivity index (χ4v) is 5.15. The van der Waals surface area contributed by atoms with Crippen molar-refractivity contribution in [3.05, 3.63) is 30.1 Å². The Kier molecular flexibility index (Phi) is 8.47. The van der Waals surface area contributed by atoms with Crippen LogP contribution >= 0.6 is 0 Å². The molecule has 0 saturated carbocycles. The average Bonchev–Trinajstić information content (AvgIpc) is 3.23. The lowest BCUT2D eigenvalue weighted by Crippen LogP contribution is -2.49. The van der Waals surface area contributed by atoms with Crippen LogP contribution in [0.1, 0.15) is 26.2 Å². The van der Waals surface area contributed by atoms with Crippen LogP contribution in [0.3, 0.4) is 0 Å². The van der Waals surface area contributed by atoms with E-state index in [9.17, 15) is 12.8 Å². The van der Waals surface area contributed by atoms with Gasteiger partial charge < -0.3 is 20.3 Å². The molecule has 0 bridgehead atoms. The molecule has 3 rings (SSSR count). The standard InChI is InChI=1S/C21H33FN4O3S/c1-2-23-21(24-10-14-30(27,28)20-6-4-3-5-19(20)22)25-18-7-11-26(12-8-18)15-17-9-13-29-16-17/h3-6,17-18H,2,7-16H2,1H3,(H2,23,24,25). The lowest BCUT2D eigenvalue weighted by Gasteiger charge is -2.34. The second-order valence-corrected chi connectivity index (χ2v) is 10.0. The molecule has 0 spiro atoms. The molecule has 30 heavy (non-hydrogen) atoms. The number of benzene rings is 1. The number of nitrogens with zero attached hydrogens (tertiary/aromatic N) is 2. The summed E-state index contributed by atoms with van der Waals surface area (Å²) in [4.78, 5) is 6.65. The summed E-state index contributed by atoms with van der Waals surface area (Å²) in [5.41, 5.74) is 0. The number of hydrogen-bond acceptors (Lipinski definition) is 5. The molecule has 1 atom stereocenters. The molecule has 9 heteroatoms. The lowest BCUT2D eigenvalue weighted by molar-refractivity contribution is 0.150. The summed E-state index contributed by atoms with van der Waals surface area (Å²) in [6, 6.07) is 5.77. The molecular formula is C21H33FN4O3S.